The van der Waals surface area contributed by atoms with Gasteiger partial charge in [0.2, 0.25) is 5.91 Å². The number of carbonyl (C=O) groups is 1. The first-order chi connectivity index (χ1) is 11.1. The lowest BCUT2D eigenvalue weighted by molar-refractivity contribution is -0.126. The van der Waals surface area contributed by atoms with Gasteiger partial charge < -0.3 is 16.0 Å². The Kier molecular flexibility index (Phi) is 5.60. The van der Waals surface area contributed by atoms with Crippen LogP contribution >= 0.6 is 0 Å². The average molecular weight is 322 g/mol. The Morgan fingerprint density at radius 2 is 1.83 bits per heavy atom. The van der Waals surface area contributed by atoms with E-state index in [-0.39, 0.29) is 23.4 Å². The lowest BCUT2D eigenvalue weighted by Gasteiger charge is -2.50. The average Bonchev–Trinajstić information content (AvgIpc) is 3.02. The Balaban J connectivity index is 1.60. The molecule has 1 amide bonds. The van der Waals surface area contributed by atoms with Gasteiger partial charge in [-0.3, -0.25) is 9.69 Å². The van der Waals surface area contributed by atoms with Crippen molar-refractivity contribution in [3.63, 3.8) is 0 Å². The summed E-state index contributed by atoms with van der Waals surface area (Å²) >= 11 is 0. The number of hydrogen-bond donors (Lipinski definition) is 2. The highest BCUT2D eigenvalue weighted by molar-refractivity contribution is 5.79. The fourth-order valence-electron chi connectivity index (χ4n) is 4.66. The van der Waals surface area contributed by atoms with Gasteiger partial charge in [-0.05, 0) is 78.2 Å². The predicted octanol–water partition coefficient (Wildman–Crippen LogP) is 1.18. The summed E-state index contributed by atoms with van der Waals surface area (Å²) in [5.41, 5.74) is 6.15. The van der Waals surface area contributed by atoms with Crippen LogP contribution in [0.2, 0.25) is 0 Å². The minimum absolute atomic E-state index is 0.148. The lowest BCUT2D eigenvalue weighted by atomic mass is 9.84. The summed E-state index contributed by atoms with van der Waals surface area (Å²) < 4.78 is 0. The third-order valence-electron chi connectivity index (χ3n) is 6.38. The highest BCUT2D eigenvalue weighted by Crippen LogP contribution is 2.31. The van der Waals surface area contributed by atoms with Crippen LogP contribution in [0, 0.1) is 5.92 Å². The van der Waals surface area contributed by atoms with Gasteiger partial charge >= 0.3 is 0 Å². The van der Waals surface area contributed by atoms with Crippen molar-refractivity contribution in [2.45, 2.75) is 62.9 Å². The van der Waals surface area contributed by atoms with Crippen molar-refractivity contribution in [3.05, 3.63) is 0 Å². The van der Waals surface area contributed by atoms with Crippen LogP contribution in [0.25, 0.3) is 0 Å². The van der Waals surface area contributed by atoms with E-state index in [4.69, 9.17) is 5.73 Å². The maximum atomic E-state index is 12.5. The first kappa shape index (κ1) is 17.2. The molecule has 0 aromatic rings. The summed E-state index contributed by atoms with van der Waals surface area (Å²) in [6.07, 6.45) is 9.16. The van der Waals surface area contributed by atoms with Crippen molar-refractivity contribution in [2.75, 3.05) is 39.8 Å². The second-order valence-electron chi connectivity index (χ2n) is 8.06. The normalized spacial score (nSPS) is 32.8. The Labute approximate surface area is 140 Å². The molecule has 3 rings (SSSR count). The molecule has 0 bridgehead atoms. The van der Waals surface area contributed by atoms with Crippen molar-refractivity contribution in [3.8, 4) is 0 Å². The Morgan fingerprint density at radius 1 is 1.13 bits per heavy atom. The van der Waals surface area contributed by atoms with Gasteiger partial charge in [-0.25, -0.2) is 0 Å². The number of nitrogens with two attached hydrogens (primary N) is 1. The molecule has 0 aromatic carbocycles. The molecule has 2 aliphatic heterocycles. The molecule has 2 atom stereocenters. The number of nitrogens with one attached hydrogen (secondary N) is 1. The summed E-state index contributed by atoms with van der Waals surface area (Å²) in [4.78, 5) is 17.6. The summed E-state index contributed by atoms with van der Waals surface area (Å²) in [7, 11) is 2.21. The number of rotatable bonds is 4. The van der Waals surface area contributed by atoms with Gasteiger partial charge in [-0.1, -0.05) is 6.42 Å². The van der Waals surface area contributed by atoms with Crippen LogP contribution in [-0.4, -0.2) is 67.1 Å². The van der Waals surface area contributed by atoms with Crippen LogP contribution in [0.1, 0.15) is 51.4 Å². The van der Waals surface area contributed by atoms with E-state index in [0.717, 1.165) is 38.9 Å². The van der Waals surface area contributed by atoms with E-state index in [1.54, 1.807) is 0 Å². The van der Waals surface area contributed by atoms with Crippen molar-refractivity contribution in [1.29, 1.82) is 0 Å². The molecule has 5 nitrogen and oxygen atoms in total. The SMILES string of the molecule is CN1CCC(CNC(=O)C2CCC(N)C2)(N2CCCCC2)CC1. The molecule has 2 heterocycles. The van der Waals surface area contributed by atoms with E-state index in [2.05, 4.69) is 22.2 Å². The second-order valence-corrected chi connectivity index (χ2v) is 8.06. The van der Waals surface area contributed by atoms with E-state index in [0.29, 0.717) is 0 Å². The topological polar surface area (TPSA) is 61.6 Å². The van der Waals surface area contributed by atoms with Crippen molar-refractivity contribution >= 4 is 5.91 Å². The molecule has 132 valence electrons. The zero-order valence-electron chi connectivity index (χ0n) is 14.7. The molecular weight excluding hydrogens is 288 g/mol. The minimum atomic E-state index is 0.148. The number of hydrogen-bond acceptors (Lipinski definition) is 4. The molecule has 0 radical (unpaired) electrons. The number of piperidine rings is 2. The zero-order valence-corrected chi connectivity index (χ0v) is 14.7. The minimum Gasteiger partial charge on any atom is -0.354 e. The standard InChI is InChI=1S/C18H34N4O/c1-21-11-7-18(8-12-21,22-9-3-2-4-10-22)14-20-17(23)15-5-6-16(19)13-15/h15-16H,2-14,19H2,1H3,(H,20,23). The molecule has 1 saturated carbocycles. The van der Waals surface area contributed by atoms with E-state index in [1.807, 2.05) is 0 Å². The fourth-order valence-corrected chi connectivity index (χ4v) is 4.66. The van der Waals surface area contributed by atoms with E-state index in [9.17, 15) is 4.79 Å². The quantitative estimate of drug-likeness (QED) is 0.816. The second kappa shape index (κ2) is 7.49. The Hall–Kier alpha value is -0.650. The molecule has 0 aromatic heterocycles. The first-order valence-electron chi connectivity index (χ1n) is 9.56. The van der Waals surface area contributed by atoms with Crippen LogP contribution in [-0.2, 0) is 4.79 Å². The van der Waals surface area contributed by atoms with Crippen molar-refractivity contribution in [1.82, 2.24) is 15.1 Å². The number of amides is 1. The molecule has 3 aliphatic rings. The summed E-state index contributed by atoms with van der Waals surface area (Å²) in [5, 5.41) is 3.31. The van der Waals surface area contributed by atoms with Gasteiger partial charge in [0.15, 0.2) is 0 Å². The van der Waals surface area contributed by atoms with Gasteiger partial charge in [0.1, 0.15) is 0 Å². The molecule has 3 fully saturated rings. The van der Waals surface area contributed by atoms with E-state index < -0.39 is 0 Å². The lowest BCUT2D eigenvalue weighted by Crippen LogP contribution is -2.61. The van der Waals surface area contributed by atoms with Crippen LogP contribution in [0.15, 0.2) is 0 Å². The predicted molar refractivity (Wildman–Crippen MR) is 93.2 cm³/mol. The number of nitrogens with zero attached hydrogens (tertiary/aromatic N) is 2. The maximum Gasteiger partial charge on any atom is 0.223 e. The van der Waals surface area contributed by atoms with Crippen LogP contribution in [0.3, 0.4) is 0 Å². The molecule has 1 aliphatic carbocycles. The molecule has 5 heteroatoms. The van der Waals surface area contributed by atoms with Gasteiger partial charge in [-0.15, -0.1) is 0 Å². The third-order valence-corrected chi connectivity index (χ3v) is 6.38. The Morgan fingerprint density at radius 3 is 2.43 bits per heavy atom. The molecule has 2 unspecified atom stereocenters. The monoisotopic (exact) mass is 322 g/mol. The Bertz CT molecular complexity index is 400. The molecular formula is C18H34N4O. The molecule has 23 heavy (non-hydrogen) atoms. The summed E-state index contributed by atoms with van der Waals surface area (Å²) in [6.45, 7) is 5.51. The van der Waals surface area contributed by atoms with E-state index in [1.165, 1.54) is 45.2 Å². The number of carbonyl (C=O) groups excluding carboxylic acids is 1. The smallest absolute Gasteiger partial charge is 0.223 e. The van der Waals surface area contributed by atoms with Gasteiger partial charge in [0, 0.05) is 24.0 Å². The van der Waals surface area contributed by atoms with E-state index >= 15 is 0 Å². The fraction of sp³-hybridized carbons (Fsp3) is 0.944. The molecule has 3 N–H and O–H groups in total. The van der Waals surface area contributed by atoms with Gasteiger partial charge in [-0.2, -0.15) is 0 Å². The maximum absolute atomic E-state index is 12.5. The molecule has 0 spiro atoms. The molecule has 2 saturated heterocycles. The van der Waals surface area contributed by atoms with Crippen LogP contribution in [0.4, 0.5) is 0 Å². The van der Waals surface area contributed by atoms with Crippen molar-refractivity contribution < 1.29 is 4.79 Å². The zero-order chi connectivity index (χ0) is 16.3. The van der Waals surface area contributed by atoms with Crippen LogP contribution in [0.5, 0.6) is 0 Å². The van der Waals surface area contributed by atoms with Crippen LogP contribution < -0.4 is 11.1 Å². The van der Waals surface area contributed by atoms with Gasteiger partial charge in [0.05, 0.1) is 0 Å². The summed E-state index contributed by atoms with van der Waals surface area (Å²) in [6, 6.07) is 0.227. The summed E-state index contributed by atoms with van der Waals surface area (Å²) in [5.74, 6) is 0.392. The van der Waals surface area contributed by atoms with Gasteiger partial charge in [0.25, 0.3) is 0 Å². The largest absolute Gasteiger partial charge is 0.354 e. The first-order valence-corrected chi connectivity index (χ1v) is 9.56. The highest BCUT2D eigenvalue weighted by Gasteiger charge is 2.40. The van der Waals surface area contributed by atoms with Crippen molar-refractivity contribution in [2.24, 2.45) is 11.7 Å². The third kappa shape index (κ3) is 4.06. The number of likely N-dealkylation sites (tertiary alicyclic amines) is 2. The highest BCUT2D eigenvalue weighted by atomic mass is 16.1.